The number of ketones is 1. The van der Waals surface area contributed by atoms with Crippen molar-refractivity contribution in [3.63, 3.8) is 0 Å². The standard InChI is InChI=1S/C31H46O4/c1-18(2)19(3)9-10-20(27(34)35)26-23(32)17-31(8)22-11-12-24-28(4,5)25(33)14-15-29(24,6)21(22)13-16-30(26,31)7/h11,13,18,20,23-24,26,32H,3,9-10,12,14-17H2,1-2,4-8H3,(H,34,35)/t20-,23-,24+,26+,29-,30-,31+/m0/s1. The van der Waals surface area contributed by atoms with E-state index in [2.05, 4.69) is 67.2 Å². The third kappa shape index (κ3) is 3.64. The van der Waals surface area contributed by atoms with E-state index in [0.717, 1.165) is 24.8 Å². The number of carbonyl (C=O) groups excluding carboxylic acids is 1. The summed E-state index contributed by atoms with van der Waals surface area (Å²) in [6, 6.07) is 0. The molecule has 4 heteroatoms. The van der Waals surface area contributed by atoms with E-state index < -0.39 is 18.0 Å². The molecule has 0 spiro atoms. The highest BCUT2D eigenvalue weighted by Crippen LogP contribution is 2.71. The second kappa shape index (κ2) is 8.43. The van der Waals surface area contributed by atoms with Crippen LogP contribution < -0.4 is 0 Å². The average Bonchev–Trinajstić information content (AvgIpc) is 2.97. The van der Waals surface area contributed by atoms with E-state index in [1.165, 1.54) is 11.1 Å². The fraction of sp³-hybridized carbons (Fsp3) is 0.742. The number of fused-ring (bicyclic) bond motifs is 5. The lowest BCUT2D eigenvalue weighted by Gasteiger charge is -2.59. The Morgan fingerprint density at radius 3 is 2.40 bits per heavy atom. The van der Waals surface area contributed by atoms with Gasteiger partial charge in [-0.05, 0) is 72.3 Å². The Hall–Kier alpha value is -1.68. The molecule has 7 atom stereocenters. The number of hydrogen-bond donors (Lipinski definition) is 2. The van der Waals surface area contributed by atoms with Crippen LogP contribution in [0, 0.1) is 45.3 Å². The van der Waals surface area contributed by atoms with Crippen LogP contribution in [0.4, 0.5) is 0 Å². The molecule has 2 fully saturated rings. The number of carbonyl (C=O) groups is 2. The average molecular weight is 483 g/mol. The van der Waals surface area contributed by atoms with E-state index in [9.17, 15) is 19.8 Å². The highest BCUT2D eigenvalue weighted by Gasteiger charge is 2.66. The van der Waals surface area contributed by atoms with E-state index in [4.69, 9.17) is 0 Å². The van der Waals surface area contributed by atoms with E-state index in [1.54, 1.807) is 0 Å². The molecule has 4 nitrogen and oxygen atoms in total. The topological polar surface area (TPSA) is 74.6 Å². The molecule has 0 aromatic carbocycles. The summed E-state index contributed by atoms with van der Waals surface area (Å²) in [7, 11) is 0. The third-order valence-corrected chi connectivity index (χ3v) is 11.4. The lowest BCUT2D eigenvalue weighted by molar-refractivity contribution is -0.148. The van der Waals surface area contributed by atoms with Crippen molar-refractivity contribution in [2.24, 2.45) is 45.3 Å². The molecule has 4 rings (SSSR count). The minimum atomic E-state index is -0.803. The van der Waals surface area contributed by atoms with Crippen molar-refractivity contribution < 1.29 is 19.8 Å². The Bertz CT molecular complexity index is 999. The van der Waals surface area contributed by atoms with E-state index in [1.807, 2.05) is 0 Å². The molecule has 0 bridgehead atoms. The molecule has 0 unspecified atom stereocenters. The number of allylic oxidation sites excluding steroid dienone is 5. The zero-order chi connectivity index (χ0) is 26.1. The van der Waals surface area contributed by atoms with Gasteiger partial charge in [0.15, 0.2) is 0 Å². The molecule has 194 valence electrons. The number of aliphatic hydroxyl groups excluding tert-OH is 1. The summed E-state index contributed by atoms with van der Waals surface area (Å²) in [5.74, 6) is -0.739. The third-order valence-electron chi connectivity index (χ3n) is 11.4. The zero-order valence-corrected chi connectivity index (χ0v) is 22.9. The van der Waals surface area contributed by atoms with Gasteiger partial charge >= 0.3 is 5.97 Å². The van der Waals surface area contributed by atoms with E-state index in [-0.39, 0.29) is 33.5 Å². The van der Waals surface area contributed by atoms with Gasteiger partial charge in [0, 0.05) is 23.2 Å². The van der Waals surface area contributed by atoms with E-state index >= 15 is 0 Å². The fourth-order valence-electron chi connectivity index (χ4n) is 8.72. The molecule has 0 aliphatic heterocycles. The number of aliphatic carboxylic acids is 1. The molecule has 4 aliphatic carbocycles. The molecular weight excluding hydrogens is 436 g/mol. The molecule has 0 radical (unpaired) electrons. The van der Waals surface area contributed by atoms with Crippen molar-refractivity contribution in [3.8, 4) is 0 Å². The van der Waals surface area contributed by atoms with Crippen LogP contribution in [0.25, 0.3) is 0 Å². The van der Waals surface area contributed by atoms with Crippen LogP contribution in [0.5, 0.6) is 0 Å². The molecule has 0 aromatic rings. The predicted octanol–water partition coefficient (Wildman–Crippen LogP) is 6.74. The molecule has 0 aromatic heterocycles. The quantitative estimate of drug-likeness (QED) is 0.411. The molecule has 2 N–H and O–H groups in total. The van der Waals surface area contributed by atoms with Crippen LogP contribution in [-0.4, -0.2) is 28.1 Å². The van der Waals surface area contributed by atoms with Crippen molar-refractivity contribution in [1.82, 2.24) is 0 Å². The lowest BCUT2D eigenvalue weighted by Crippen LogP contribution is -2.53. The maximum Gasteiger partial charge on any atom is 0.306 e. The Morgan fingerprint density at radius 2 is 1.80 bits per heavy atom. The van der Waals surface area contributed by atoms with Crippen molar-refractivity contribution in [3.05, 3.63) is 35.5 Å². The zero-order valence-electron chi connectivity index (χ0n) is 22.9. The van der Waals surface area contributed by atoms with Gasteiger partial charge in [0.05, 0.1) is 12.0 Å². The molecule has 0 amide bonds. The summed E-state index contributed by atoms with van der Waals surface area (Å²) in [5.41, 5.74) is 2.72. The first-order valence-corrected chi connectivity index (χ1v) is 13.6. The summed E-state index contributed by atoms with van der Waals surface area (Å²) in [5, 5.41) is 21.8. The van der Waals surface area contributed by atoms with Gasteiger partial charge in [-0.3, -0.25) is 9.59 Å². The molecule has 4 aliphatic rings. The monoisotopic (exact) mass is 482 g/mol. The maximum atomic E-state index is 12.8. The summed E-state index contributed by atoms with van der Waals surface area (Å²) in [4.78, 5) is 25.4. The van der Waals surface area contributed by atoms with Crippen molar-refractivity contribution in [1.29, 1.82) is 0 Å². The molecule has 0 heterocycles. The van der Waals surface area contributed by atoms with Crippen molar-refractivity contribution in [2.45, 2.75) is 99.5 Å². The lowest BCUT2D eigenvalue weighted by atomic mass is 9.44. The number of hydrogen-bond acceptors (Lipinski definition) is 3. The van der Waals surface area contributed by atoms with Crippen molar-refractivity contribution >= 4 is 11.8 Å². The van der Waals surface area contributed by atoms with Gasteiger partial charge in [0.2, 0.25) is 0 Å². The van der Waals surface area contributed by atoms with Crippen LogP contribution in [0.1, 0.15) is 93.4 Å². The summed E-state index contributed by atoms with van der Waals surface area (Å²) in [6.07, 6.45) is 8.97. The highest BCUT2D eigenvalue weighted by molar-refractivity contribution is 5.86. The van der Waals surface area contributed by atoms with Gasteiger partial charge in [0.1, 0.15) is 5.78 Å². The largest absolute Gasteiger partial charge is 0.481 e. The molecule has 0 saturated heterocycles. The Labute approximate surface area is 212 Å². The van der Waals surface area contributed by atoms with Gasteiger partial charge in [0.25, 0.3) is 0 Å². The Kier molecular flexibility index (Phi) is 6.36. The van der Waals surface area contributed by atoms with Crippen LogP contribution in [-0.2, 0) is 9.59 Å². The van der Waals surface area contributed by atoms with Gasteiger partial charge in [-0.2, -0.15) is 0 Å². The first kappa shape index (κ1) is 26.4. The minimum absolute atomic E-state index is 0.0594. The second-order valence-electron chi connectivity index (χ2n) is 13.6. The van der Waals surface area contributed by atoms with E-state index in [0.29, 0.717) is 37.4 Å². The van der Waals surface area contributed by atoms with Gasteiger partial charge in [-0.25, -0.2) is 0 Å². The molecule has 2 saturated carbocycles. The molecule has 35 heavy (non-hydrogen) atoms. The van der Waals surface area contributed by atoms with Gasteiger partial charge < -0.3 is 10.2 Å². The van der Waals surface area contributed by atoms with Crippen LogP contribution >= 0.6 is 0 Å². The number of aliphatic hydroxyl groups is 1. The Morgan fingerprint density at radius 1 is 1.14 bits per heavy atom. The van der Waals surface area contributed by atoms with Crippen molar-refractivity contribution in [2.75, 3.05) is 0 Å². The summed E-state index contributed by atoms with van der Waals surface area (Å²) in [6.45, 7) is 19.4. The number of Topliss-reactive ketones (excluding diaryl/α,β-unsaturated/α-hetero) is 1. The van der Waals surface area contributed by atoms with Crippen LogP contribution in [0.15, 0.2) is 35.5 Å². The van der Waals surface area contributed by atoms with Crippen LogP contribution in [0.2, 0.25) is 0 Å². The number of carboxylic acids is 1. The predicted molar refractivity (Wildman–Crippen MR) is 140 cm³/mol. The van der Waals surface area contributed by atoms with Gasteiger partial charge in [-0.15, -0.1) is 0 Å². The molecular formula is C31H46O4. The normalized spacial score (nSPS) is 40.8. The number of carboxylic acid groups (broad SMARTS) is 1. The maximum absolute atomic E-state index is 12.8. The summed E-state index contributed by atoms with van der Waals surface area (Å²) < 4.78 is 0. The SMILES string of the molecule is C=C(CC[C@H](C(=O)O)[C@@H]1[C@@H](O)C[C@]2(C)C3=CC[C@@H]4C(C)(C)C(=O)CC[C@@]4(C)C3=CC[C@@]12C)C(C)C. The minimum Gasteiger partial charge on any atom is -0.481 e. The second-order valence-corrected chi connectivity index (χ2v) is 13.6. The first-order valence-electron chi connectivity index (χ1n) is 13.6. The number of rotatable bonds is 6. The Balaban J connectivity index is 1.73. The highest BCUT2D eigenvalue weighted by atomic mass is 16.4. The summed E-state index contributed by atoms with van der Waals surface area (Å²) >= 11 is 0. The van der Waals surface area contributed by atoms with Crippen LogP contribution in [0.3, 0.4) is 0 Å². The fourth-order valence-corrected chi connectivity index (χ4v) is 8.72. The first-order chi connectivity index (χ1) is 16.1. The smallest absolute Gasteiger partial charge is 0.306 e. The van der Waals surface area contributed by atoms with Gasteiger partial charge in [-0.1, -0.05) is 72.8 Å².